The molecule has 0 atom stereocenters. The summed E-state index contributed by atoms with van der Waals surface area (Å²) < 4.78 is 19.6. The predicted molar refractivity (Wildman–Crippen MR) is 303 cm³/mol. The minimum Gasteiger partial charge on any atom is -0.398 e. The Kier molecular flexibility index (Phi) is 22.1. The summed E-state index contributed by atoms with van der Waals surface area (Å²) in [6, 6.07) is 38.8. The van der Waals surface area contributed by atoms with Crippen LogP contribution < -0.4 is 8.63 Å². The number of hydrogen-bond acceptors (Lipinski definition) is 14. The molecule has 370 valence electrons. The first-order valence-electron chi connectivity index (χ1n) is 23.7. The van der Waals surface area contributed by atoms with Crippen molar-refractivity contribution in [3.8, 4) is 54.7 Å². The van der Waals surface area contributed by atoms with Crippen molar-refractivity contribution in [2.45, 2.75) is 72.6 Å². The Morgan fingerprint density at radius 3 is 1.35 bits per heavy atom. The number of nitrogens with zero attached hydrogens (tertiary/aromatic N) is 8. The molecule has 3 aromatic carbocycles. The Bertz CT molecular complexity index is 3010. The van der Waals surface area contributed by atoms with Crippen LogP contribution in [0, 0.1) is 20.2 Å². The van der Waals surface area contributed by atoms with Gasteiger partial charge in [-0.1, -0.05) is 52.3 Å². The molecule has 6 heterocycles. The fourth-order valence-corrected chi connectivity index (χ4v) is 28.5. The number of pyridine rings is 3. The van der Waals surface area contributed by atoms with E-state index in [1.807, 2.05) is 78.4 Å². The number of nitrogen functional groups attached to an aromatic ring is 1. The van der Waals surface area contributed by atoms with Crippen LogP contribution in [0.1, 0.15) is 59.3 Å². The molecule has 72 heavy (non-hydrogen) atoms. The third-order valence-electron chi connectivity index (χ3n) is 11.7. The molecule has 0 saturated heterocycles. The molecule has 9 rings (SSSR count). The van der Waals surface area contributed by atoms with Gasteiger partial charge in [-0.3, -0.25) is 35.2 Å². The molecule has 0 aliphatic carbocycles. The zero-order chi connectivity index (χ0) is 51.1. The Labute approximate surface area is 445 Å². The molecule has 0 spiro atoms. The van der Waals surface area contributed by atoms with Crippen molar-refractivity contribution < 1.29 is 9.85 Å². The van der Waals surface area contributed by atoms with Gasteiger partial charge in [-0.25, -0.2) is 8.75 Å². The van der Waals surface area contributed by atoms with E-state index in [0.717, 1.165) is 37.8 Å². The van der Waals surface area contributed by atoms with E-state index in [1.165, 1.54) is 67.7 Å². The van der Waals surface area contributed by atoms with Gasteiger partial charge in [0.2, 0.25) is 0 Å². The van der Waals surface area contributed by atoms with Crippen molar-refractivity contribution in [1.29, 1.82) is 0 Å². The number of benzene rings is 3. The summed E-state index contributed by atoms with van der Waals surface area (Å²) in [6.07, 6.45) is 18.9. The Morgan fingerprint density at radius 2 is 0.944 bits per heavy atom. The van der Waals surface area contributed by atoms with Gasteiger partial charge in [-0.2, -0.15) is 0 Å². The number of aromatic nitrogens is 6. The maximum atomic E-state index is 11.3. The van der Waals surface area contributed by atoms with Gasteiger partial charge in [-0.05, 0) is 101 Å². The first-order valence-corrected chi connectivity index (χ1v) is 34.3. The third-order valence-corrected chi connectivity index (χ3v) is 32.7. The van der Waals surface area contributed by atoms with Crippen LogP contribution in [0.25, 0.3) is 54.7 Å². The summed E-state index contributed by atoms with van der Waals surface area (Å²) in [6.45, 7) is 7.01. The largest absolute Gasteiger partial charge is 0.398 e. The molecular weight excluding hydrogens is 1130 g/mol. The van der Waals surface area contributed by atoms with Crippen molar-refractivity contribution in [3.63, 3.8) is 0 Å². The first kappa shape index (κ1) is 55.2. The summed E-state index contributed by atoms with van der Waals surface area (Å²) >= 11 is 5.74. The molecule has 0 aliphatic heterocycles. The standard InChI is InChI=1S/C14H9N3O2S.C14H11N3S.C11H7BrN2O2.3C4H9.C3H2NS.Sn/c18-17(19)13-9-10(14-6-8-16-20-14)4-5-11(13)12-3-1-2-7-15-12;15-12-9-10(14-6-8-17-18-14)4-5-11(12)13-3-1-2-7-16-13;12-8-4-5-9(11(7-8)14(15)16)10-3-1-2-6-13-10;3*1-3-4-2;1-2-4-5-3-1;/h1-9H;1-9H,15H2;1-7H;3*1,3-4H2,2H3;1-2H;. The van der Waals surface area contributed by atoms with Crippen LogP contribution >= 0.6 is 50.5 Å². The van der Waals surface area contributed by atoms with E-state index in [0.29, 0.717) is 27.0 Å². The van der Waals surface area contributed by atoms with Crippen LogP contribution in [-0.4, -0.2) is 56.3 Å². The number of hydrogen-bond donors (Lipinski definition) is 1. The van der Waals surface area contributed by atoms with Gasteiger partial charge in [0.1, 0.15) is 0 Å². The molecule has 18 heteroatoms. The Morgan fingerprint density at radius 1 is 0.514 bits per heavy atom. The Balaban J connectivity index is 0.000000157. The first-order chi connectivity index (χ1) is 35.1. The second kappa shape index (κ2) is 28.8. The zero-order valence-electron chi connectivity index (χ0n) is 40.3. The average molecular weight is 1190 g/mol. The fraction of sp³-hybridized carbons (Fsp3) is 0.222. The van der Waals surface area contributed by atoms with E-state index >= 15 is 0 Å². The summed E-state index contributed by atoms with van der Waals surface area (Å²) in [5, 5.41) is 22.2. The minimum atomic E-state index is -2.08. The fourth-order valence-electron chi connectivity index (χ4n) is 7.95. The smallest absolute Gasteiger partial charge is 0.279 e. The summed E-state index contributed by atoms with van der Waals surface area (Å²) in [4.78, 5) is 36.0. The van der Waals surface area contributed by atoms with Gasteiger partial charge < -0.3 is 5.73 Å². The molecule has 2 N–H and O–H groups in total. The molecule has 0 aliphatic rings. The van der Waals surface area contributed by atoms with Crippen LogP contribution in [-0.2, 0) is 0 Å². The minimum absolute atomic E-state index is 0.0491. The molecular formula is C54H56BrN9O4S3Sn. The van der Waals surface area contributed by atoms with Crippen LogP contribution in [0.15, 0.2) is 169 Å². The molecule has 0 bridgehead atoms. The maximum Gasteiger partial charge on any atom is 0.279 e. The van der Waals surface area contributed by atoms with Gasteiger partial charge in [0.15, 0.2) is 0 Å². The number of nitrogens with two attached hydrogens (primary N) is 1. The van der Waals surface area contributed by atoms with E-state index in [9.17, 15) is 20.2 Å². The molecule has 0 unspecified atom stereocenters. The SMILES string of the molecule is CCC[CH2][Sn]([CH2]CCC)([CH2]CCC)[c]1ccns1.Nc1cc(-c2ccns2)ccc1-c1ccccn1.O=[N+]([O-])c1cc(-c2ccns2)ccc1-c1ccccn1.O=[N+]([O-])c1cc(Br)ccc1-c1ccccn1. The van der Waals surface area contributed by atoms with Crippen molar-refractivity contribution >= 4 is 88.9 Å². The van der Waals surface area contributed by atoms with Gasteiger partial charge >= 0.3 is 122 Å². The molecule has 0 fully saturated rings. The Hall–Kier alpha value is -6.12. The summed E-state index contributed by atoms with van der Waals surface area (Å²) in [5.41, 5.74) is 12.9. The van der Waals surface area contributed by atoms with Crippen LogP contribution in [0.4, 0.5) is 17.1 Å². The van der Waals surface area contributed by atoms with Crippen molar-refractivity contribution in [2.75, 3.05) is 5.73 Å². The van der Waals surface area contributed by atoms with Gasteiger partial charge in [0.25, 0.3) is 11.4 Å². The van der Waals surface area contributed by atoms with Crippen molar-refractivity contribution in [1.82, 2.24) is 28.1 Å². The molecule has 0 saturated carbocycles. The summed E-state index contributed by atoms with van der Waals surface area (Å²) in [5.74, 6) is 0. The molecule has 0 amide bonds. The number of nitro benzene ring substituents is 2. The van der Waals surface area contributed by atoms with E-state index in [1.54, 1.807) is 102 Å². The quantitative estimate of drug-likeness (QED) is 0.0395. The topological polar surface area (TPSA) is 190 Å². The van der Waals surface area contributed by atoms with E-state index in [2.05, 4.69) is 70.8 Å². The number of anilines is 1. The van der Waals surface area contributed by atoms with Crippen LogP contribution in [0.3, 0.4) is 0 Å². The van der Waals surface area contributed by atoms with Gasteiger partial charge in [-0.15, -0.1) is 0 Å². The van der Waals surface area contributed by atoms with Crippen molar-refractivity contribution in [3.05, 3.63) is 189 Å². The third kappa shape index (κ3) is 15.7. The van der Waals surface area contributed by atoms with E-state index < -0.39 is 23.3 Å². The molecule has 0 radical (unpaired) electrons. The number of halogens is 1. The molecule has 13 nitrogen and oxygen atoms in total. The number of rotatable bonds is 17. The zero-order valence-corrected chi connectivity index (χ0v) is 47.2. The van der Waals surface area contributed by atoms with Gasteiger partial charge in [0.05, 0.1) is 47.8 Å². The van der Waals surface area contributed by atoms with E-state index in [4.69, 9.17) is 5.73 Å². The van der Waals surface area contributed by atoms with Crippen molar-refractivity contribution in [2.24, 2.45) is 0 Å². The van der Waals surface area contributed by atoms with Gasteiger partial charge in [0, 0.05) is 64.4 Å². The molecule has 6 aromatic heterocycles. The van der Waals surface area contributed by atoms with Crippen LogP contribution in [0.5, 0.6) is 0 Å². The average Bonchev–Trinajstić information content (AvgIpc) is 4.27. The normalized spacial score (nSPS) is 10.7. The second-order valence-electron chi connectivity index (χ2n) is 16.6. The molecule has 9 aromatic rings. The number of nitro groups is 2. The maximum absolute atomic E-state index is 11.3. The monoisotopic (exact) mass is 1190 g/mol. The predicted octanol–water partition coefficient (Wildman–Crippen LogP) is 15.9. The van der Waals surface area contributed by atoms with E-state index in [-0.39, 0.29) is 16.3 Å². The number of unbranched alkanes of at least 4 members (excludes halogenated alkanes) is 3. The summed E-state index contributed by atoms with van der Waals surface area (Å²) in [7, 11) is 0. The second-order valence-corrected chi connectivity index (χ2v) is 34.2. The van der Waals surface area contributed by atoms with Crippen LogP contribution in [0.2, 0.25) is 13.3 Å².